The molecule has 2 N–H and O–H groups in total. The van der Waals surface area contributed by atoms with Crippen LogP contribution in [0, 0.1) is 6.92 Å². The summed E-state index contributed by atoms with van der Waals surface area (Å²) in [5.74, 6) is 0. The predicted octanol–water partition coefficient (Wildman–Crippen LogP) is 9.55. The Labute approximate surface area is 265 Å². The molecule has 8 aromatic rings. The Hall–Kier alpha value is -6.00. The normalized spacial score (nSPS) is 13.1. The molecule has 2 bridgehead atoms. The molecular formula is C42H30N3O+. The number of aliphatic imine (C=N–C) groups is 1. The van der Waals surface area contributed by atoms with E-state index >= 15 is 0 Å². The first kappa shape index (κ1) is 26.4. The van der Waals surface area contributed by atoms with E-state index in [1.165, 1.54) is 37.9 Å². The van der Waals surface area contributed by atoms with Crippen molar-refractivity contribution in [1.29, 1.82) is 0 Å². The van der Waals surface area contributed by atoms with Crippen molar-refractivity contribution in [3.63, 3.8) is 0 Å². The third-order valence-electron chi connectivity index (χ3n) is 9.39. The minimum Gasteiger partial charge on any atom is -0.456 e. The Kier molecular flexibility index (Phi) is 5.90. The van der Waals surface area contributed by atoms with E-state index in [1.807, 2.05) is 24.3 Å². The lowest BCUT2D eigenvalue weighted by Gasteiger charge is -2.14. The number of anilines is 1. The number of hydrogen-bond acceptors (Lipinski definition) is 3. The van der Waals surface area contributed by atoms with Gasteiger partial charge in [-0.25, -0.2) is 4.99 Å². The van der Waals surface area contributed by atoms with Crippen LogP contribution in [-0.4, -0.2) is 23.0 Å². The SMILES string of the molecule is Cc1c2c3cccc2c2ccccc2c2cccc4oc(c1c42)=CC=[N+]3CC(=Nc1ccc2ccccc2c1N)c1ccccc1. The Morgan fingerprint density at radius 1 is 0.652 bits per heavy atom. The summed E-state index contributed by atoms with van der Waals surface area (Å²) in [5, 5.41) is 10.5. The average molecular weight is 593 g/mol. The molecular weight excluding hydrogens is 562 g/mol. The van der Waals surface area contributed by atoms with Gasteiger partial charge in [0.25, 0.3) is 0 Å². The van der Waals surface area contributed by atoms with E-state index in [2.05, 4.69) is 127 Å². The standard InChI is InChI=1S/C42H30N3O/c1-26-39-32-17-9-19-36(39)45(24-23-38-40(26)41-33(18-10-20-37(41)46-38)31-16-8-7-15-30(31)32)25-35(28-12-3-2-4-13-28)44-34-22-21-27-11-5-6-14-29(27)42(34)43/h2-24H,25,43H2,1H3/q+1. The predicted molar refractivity (Wildman–Crippen MR) is 194 cm³/mol. The van der Waals surface area contributed by atoms with Crippen LogP contribution >= 0.6 is 0 Å². The highest BCUT2D eigenvalue weighted by molar-refractivity contribution is 6.25. The van der Waals surface area contributed by atoms with Crippen LogP contribution < -0.4 is 11.1 Å². The van der Waals surface area contributed by atoms with Gasteiger partial charge in [-0.15, -0.1) is 0 Å². The second-order valence-electron chi connectivity index (χ2n) is 12.0. The third kappa shape index (κ3) is 4.00. The Morgan fingerprint density at radius 2 is 1.33 bits per heavy atom. The van der Waals surface area contributed by atoms with Crippen LogP contribution in [0.3, 0.4) is 0 Å². The molecule has 4 heteroatoms. The van der Waals surface area contributed by atoms with E-state index in [0.717, 1.165) is 49.8 Å². The van der Waals surface area contributed by atoms with Crippen LogP contribution in [0.25, 0.3) is 60.1 Å². The van der Waals surface area contributed by atoms with Crippen molar-refractivity contribution in [3.05, 3.63) is 144 Å². The lowest BCUT2D eigenvalue weighted by molar-refractivity contribution is -0.414. The van der Waals surface area contributed by atoms with Crippen molar-refractivity contribution in [2.24, 2.45) is 4.99 Å². The van der Waals surface area contributed by atoms with Gasteiger partial charge in [-0.05, 0) is 51.6 Å². The van der Waals surface area contributed by atoms with Gasteiger partial charge in [-0.3, -0.25) is 0 Å². The molecule has 0 saturated heterocycles. The molecule has 1 aliphatic heterocycles. The zero-order valence-electron chi connectivity index (χ0n) is 25.4. The van der Waals surface area contributed by atoms with Crippen LogP contribution in [-0.2, 0) is 0 Å². The Morgan fingerprint density at radius 3 is 2.13 bits per heavy atom. The van der Waals surface area contributed by atoms with Gasteiger partial charge in [-0.1, -0.05) is 109 Å². The molecule has 0 saturated carbocycles. The number of furan rings is 1. The van der Waals surface area contributed by atoms with Crippen molar-refractivity contribution in [2.75, 3.05) is 12.3 Å². The molecule has 7 aromatic carbocycles. The molecule has 0 fully saturated rings. The Balaban J connectivity index is 1.35. The smallest absolute Gasteiger partial charge is 0.213 e. The van der Waals surface area contributed by atoms with Gasteiger partial charge in [0, 0.05) is 33.9 Å². The zero-order chi connectivity index (χ0) is 30.8. The maximum absolute atomic E-state index is 6.75. The van der Waals surface area contributed by atoms with Crippen molar-refractivity contribution in [3.8, 4) is 0 Å². The molecule has 0 radical (unpaired) electrons. The topological polar surface area (TPSA) is 54.5 Å². The van der Waals surface area contributed by atoms with E-state index in [9.17, 15) is 0 Å². The third-order valence-corrected chi connectivity index (χ3v) is 9.39. The van der Waals surface area contributed by atoms with Crippen LogP contribution in [0.5, 0.6) is 0 Å². The second kappa shape index (κ2) is 10.3. The maximum atomic E-state index is 6.75. The lowest BCUT2D eigenvalue weighted by atomic mass is 9.93. The summed E-state index contributed by atoms with van der Waals surface area (Å²) in [6.45, 7) is 2.76. The van der Waals surface area contributed by atoms with Crippen LogP contribution in [0.4, 0.5) is 17.1 Å². The molecule has 0 aliphatic carbocycles. The fourth-order valence-corrected chi connectivity index (χ4v) is 7.24. The number of nitrogens with two attached hydrogens (primary N) is 1. The van der Waals surface area contributed by atoms with Crippen molar-refractivity contribution < 1.29 is 8.99 Å². The molecule has 218 valence electrons. The van der Waals surface area contributed by atoms with E-state index in [4.69, 9.17) is 15.1 Å². The second-order valence-corrected chi connectivity index (χ2v) is 12.0. The highest BCUT2D eigenvalue weighted by Crippen LogP contribution is 2.40. The van der Waals surface area contributed by atoms with Crippen molar-refractivity contribution in [1.82, 2.24) is 0 Å². The summed E-state index contributed by atoms with van der Waals surface area (Å²) < 4.78 is 8.90. The molecule has 0 unspecified atom stereocenters. The maximum Gasteiger partial charge on any atom is 0.213 e. The molecule has 0 atom stereocenters. The zero-order valence-corrected chi connectivity index (χ0v) is 25.4. The van der Waals surface area contributed by atoms with Crippen LogP contribution in [0.2, 0.25) is 0 Å². The Bertz CT molecular complexity index is 2680. The molecule has 1 aromatic heterocycles. The highest BCUT2D eigenvalue weighted by atomic mass is 16.3. The van der Waals surface area contributed by atoms with Gasteiger partial charge in [0.05, 0.1) is 16.8 Å². The van der Waals surface area contributed by atoms with Crippen LogP contribution in [0.1, 0.15) is 11.1 Å². The molecule has 2 heterocycles. The summed E-state index contributed by atoms with van der Waals surface area (Å²) in [6, 6.07) is 44.4. The fraction of sp³-hybridized carbons (Fsp3) is 0.0476. The molecule has 0 spiro atoms. The monoisotopic (exact) mass is 592 g/mol. The van der Waals surface area contributed by atoms with Crippen molar-refractivity contribution >= 4 is 89.1 Å². The molecule has 46 heavy (non-hydrogen) atoms. The first-order valence-corrected chi connectivity index (χ1v) is 15.6. The van der Waals surface area contributed by atoms with E-state index in [0.29, 0.717) is 12.2 Å². The molecule has 9 rings (SSSR count). The quantitative estimate of drug-likeness (QED) is 0.126. The summed E-state index contributed by atoms with van der Waals surface area (Å²) in [6.07, 6.45) is 4.25. The summed E-state index contributed by atoms with van der Waals surface area (Å²) in [7, 11) is 0. The number of fused-ring (bicyclic) bond motifs is 4. The van der Waals surface area contributed by atoms with E-state index < -0.39 is 0 Å². The number of nitrogens with zero attached hydrogens (tertiary/aromatic N) is 2. The number of hydrogen-bond donors (Lipinski definition) is 1. The van der Waals surface area contributed by atoms with Gasteiger partial charge in [-0.2, -0.15) is 4.58 Å². The number of benzene rings is 6. The van der Waals surface area contributed by atoms with E-state index in [1.54, 1.807) is 0 Å². The highest BCUT2D eigenvalue weighted by Gasteiger charge is 2.24. The van der Waals surface area contributed by atoms with Gasteiger partial charge in [0.1, 0.15) is 16.7 Å². The van der Waals surface area contributed by atoms with Gasteiger partial charge in [0.2, 0.25) is 5.69 Å². The lowest BCUT2D eigenvalue weighted by Crippen LogP contribution is -2.20. The average Bonchev–Trinajstić information content (AvgIpc) is 3.48. The first-order valence-electron chi connectivity index (χ1n) is 15.6. The molecule has 0 amide bonds. The summed E-state index contributed by atoms with van der Waals surface area (Å²) in [4.78, 5) is 5.27. The van der Waals surface area contributed by atoms with Gasteiger partial charge >= 0.3 is 0 Å². The number of nitrogen functional groups attached to an aromatic ring is 1. The van der Waals surface area contributed by atoms with Crippen molar-refractivity contribution in [2.45, 2.75) is 6.92 Å². The number of rotatable bonds is 4. The minimum absolute atomic E-state index is 0.527. The number of aryl methyl sites for hydroxylation is 1. The first-order chi connectivity index (χ1) is 22.7. The van der Waals surface area contributed by atoms with Gasteiger partial charge < -0.3 is 10.2 Å². The molecule has 1 aliphatic rings. The summed E-state index contributed by atoms with van der Waals surface area (Å²) >= 11 is 0. The van der Waals surface area contributed by atoms with Crippen LogP contribution in [0.15, 0.2) is 137 Å². The summed E-state index contributed by atoms with van der Waals surface area (Å²) in [5.41, 5.74) is 14.2. The van der Waals surface area contributed by atoms with E-state index in [-0.39, 0.29) is 0 Å². The molecule has 4 nitrogen and oxygen atoms in total. The largest absolute Gasteiger partial charge is 0.456 e. The van der Waals surface area contributed by atoms with Gasteiger partial charge in [0.15, 0.2) is 12.8 Å². The minimum atomic E-state index is 0.527. The fourth-order valence-electron chi connectivity index (χ4n) is 7.24.